The fraction of sp³-hybridized carbons (Fsp3) is 0.333. The molecule has 96 valence electrons. The molecule has 6 nitrogen and oxygen atoms in total. The van der Waals surface area contributed by atoms with Crippen LogP contribution in [0.15, 0.2) is 18.2 Å². The number of carbonyl (C=O) groups is 2. The van der Waals surface area contributed by atoms with Crippen molar-refractivity contribution in [3.63, 3.8) is 0 Å². The lowest BCUT2D eigenvalue weighted by atomic mass is 10.1. The van der Waals surface area contributed by atoms with Gasteiger partial charge in [0.2, 0.25) is 11.8 Å². The van der Waals surface area contributed by atoms with E-state index >= 15 is 0 Å². The lowest BCUT2D eigenvalue weighted by molar-refractivity contribution is -0.132. The number of hydrogen-bond donors (Lipinski definition) is 2. The van der Waals surface area contributed by atoms with Gasteiger partial charge in [-0.2, -0.15) is 0 Å². The van der Waals surface area contributed by atoms with Crippen molar-refractivity contribution in [3.8, 4) is 5.75 Å². The third-order valence-electron chi connectivity index (χ3n) is 2.97. The first kappa shape index (κ1) is 12.2. The van der Waals surface area contributed by atoms with Crippen LogP contribution in [0.3, 0.4) is 0 Å². The van der Waals surface area contributed by atoms with Crippen LogP contribution in [0.5, 0.6) is 5.75 Å². The number of imide groups is 1. The first-order valence-electron chi connectivity index (χ1n) is 5.56. The Morgan fingerprint density at radius 2 is 2.17 bits per heavy atom. The monoisotopic (exact) mass is 249 g/mol. The average Bonchev–Trinajstić information content (AvgIpc) is 2.34. The summed E-state index contributed by atoms with van der Waals surface area (Å²) in [7, 11) is 1.55. The van der Waals surface area contributed by atoms with Gasteiger partial charge in [0.25, 0.3) is 0 Å². The topological polar surface area (TPSA) is 84.7 Å². The molecule has 18 heavy (non-hydrogen) atoms. The molecule has 0 bridgehead atoms. The maximum Gasteiger partial charge on any atom is 0.249 e. The Kier molecular flexibility index (Phi) is 3.10. The summed E-state index contributed by atoms with van der Waals surface area (Å²) in [5.74, 6) is -0.0291. The van der Waals surface area contributed by atoms with Crippen LogP contribution in [-0.2, 0) is 9.59 Å². The Hall–Kier alpha value is -2.24. The second kappa shape index (κ2) is 4.56. The first-order valence-corrected chi connectivity index (χ1v) is 5.56. The minimum absolute atomic E-state index is 0.101. The lowest BCUT2D eigenvalue weighted by Crippen LogP contribution is -2.57. The predicted molar refractivity (Wildman–Crippen MR) is 67.4 cm³/mol. The normalized spacial score (nSPS) is 19.7. The molecule has 1 fully saturated rings. The highest BCUT2D eigenvalue weighted by molar-refractivity contribution is 6.05. The van der Waals surface area contributed by atoms with Gasteiger partial charge in [-0.25, -0.2) is 0 Å². The van der Waals surface area contributed by atoms with E-state index in [1.54, 1.807) is 37.1 Å². The number of methoxy groups -OCH3 is 1. The van der Waals surface area contributed by atoms with Crippen molar-refractivity contribution < 1.29 is 14.3 Å². The van der Waals surface area contributed by atoms with Crippen LogP contribution in [0, 0.1) is 0 Å². The minimum Gasteiger partial charge on any atom is -0.497 e. The van der Waals surface area contributed by atoms with Gasteiger partial charge >= 0.3 is 0 Å². The van der Waals surface area contributed by atoms with E-state index in [2.05, 4.69) is 5.32 Å². The summed E-state index contributed by atoms with van der Waals surface area (Å²) >= 11 is 0. The van der Waals surface area contributed by atoms with Gasteiger partial charge in [-0.15, -0.1) is 0 Å². The molecular formula is C12H15N3O3. The van der Waals surface area contributed by atoms with Crippen LogP contribution in [0.4, 0.5) is 11.4 Å². The first-order chi connectivity index (χ1) is 8.52. The van der Waals surface area contributed by atoms with E-state index in [9.17, 15) is 9.59 Å². The van der Waals surface area contributed by atoms with Crippen LogP contribution in [0.1, 0.15) is 6.92 Å². The molecule has 0 aliphatic carbocycles. The van der Waals surface area contributed by atoms with Crippen LogP contribution in [0.2, 0.25) is 0 Å². The summed E-state index contributed by atoms with van der Waals surface area (Å²) < 4.78 is 5.12. The number of nitrogens with one attached hydrogen (secondary N) is 1. The molecular weight excluding hydrogens is 234 g/mol. The van der Waals surface area contributed by atoms with E-state index in [0.717, 1.165) is 0 Å². The summed E-state index contributed by atoms with van der Waals surface area (Å²) in [6, 6.07) is 4.70. The molecule has 2 amide bonds. The van der Waals surface area contributed by atoms with Gasteiger partial charge in [-0.05, 0) is 19.1 Å². The van der Waals surface area contributed by atoms with Gasteiger partial charge in [0.1, 0.15) is 11.8 Å². The molecule has 0 radical (unpaired) electrons. The van der Waals surface area contributed by atoms with Crippen molar-refractivity contribution in [2.24, 2.45) is 0 Å². The van der Waals surface area contributed by atoms with Crippen molar-refractivity contribution in [2.75, 3.05) is 24.3 Å². The number of amides is 2. The number of rotatable bonds is 2. The van der Waals surface area contributed by atoms with Crippen molar-refractivity contribution >= 4 is 23.2 Å². The van der Waals surface area contributed by atoms with Crippen LogP contribution in [-0.4, -0.2) is 31.5 Å². The number of benzene rings is 1. The summed E-state index contributed by atoms with van der Waals surface area (Å²) in [6.45, 7) is 1.82. The molecule has 1 heterocycles. The Morgan fingerprint density at radius 1 is 1.44 bits per heavy atom. The molecule has 3 N–H and O–H groups in total. The molecule has 1 aromatic rings. The zero-order valence-electron chi connectivity index (χ0n) is 10.3. The zero-order valence-corrected chi connectivity index (χ0v) is 10.3. The van der Waals surface area contributed by atoms with E-state index in [1.165, 1.54) is 0 Å². The summed E-state index contributed by atoms with van der Waals surface area (Å²) in [4.78, 5) is 24.7. The smallest absolute Gasteiger partial charge is 0.249 e. The number of ether oxygens (including phenoxy) is 1. The predicted octanol–water partition coefficient (Wildman–Crippen LogP) is 0.129. The Bertz CT molecular complexity index is 501. The van der Waals surface area contributed by atoms with Crippen LogP contribution in [0.25, 0.3) is 0 Å². The zero-order chi connectivity index (χ0) is 13.3. The van der Waals surface area contributed by atoms with E-state index in [4.69, 9.17) is 10.5 Å². The number of piperazine rings is 1. The maximum atomic E-state index is 11.6. The summed E-state index contributed by atoms with van der Waals surface area (Å²) in [6.07, 6.45) is 0. The Balaban J connectivity index is 2.40. The average molecular weight is 249 g/mol. The third kappa shape index (κ3) is 2.09. The quantitative estimate of drug-likeness (QED) is 0.575. The van der Waals surface area contributed by atoms with Gasteiger partial charge in [0, 0.05) is 6.07 Å². The van der Waals surface area contributed by atoms with Gasteiger partial charge in [-0.3, -0.25) is 14.9 Å². The molecule has 0 saturated carbocycles. The summed E-state index contributed by atoms with van der Waals surface area (Å²) in [5, 5.41) is 2.29. The van der Waals surface area contributed by atoms with E-state index in [-0.39, 0.29) is 18.4 Å². The third-order valence-corrected chi connectivity index (χ3v) is 2.97. The minimum atomic E-state index is -0.447. The molecule has 6 heteroatoms. The highest BCUT2D eigenvalue weighted by atomic mass is 16.5. The number of hydrogen-bond acceptors (Lipinski definition) is 5. The Morgan fingerprint density at radius 3 is 2.83 bits per heavy atom. The molecule has 1 atom stereocenters. The molecule has 0 spiro atoms. The van der Waals surface area contributed by atoms with E-state index < -0.39 is 6.04 Å². The second-order valence-corrected chi connectivity index (χ2v) is 4.14. The Labute approximate surface area is 105 Å². The fourth-order valence-corrected chi connectivity index (χ4v) is 1.91. The van der Waals surface area contributed by atoms with E-state index in [0.29, 0.717) is 17.1 Å². The van der Waals surface area contributed by atoms with Gasteiger partial charge in [0.15, 0.2) is 0 Å². The molecule has 0 aromatic heterocycles. The van der Waals surface area contributed by atoms with Crippen molar-refractivity contribution in [1.82, 2.24) is 5.32 Å². The molecule has 1 aliphatic heterocycles. The maximum absolute atomic E-state index is 11.6. The SMILES string of the molecule is COc1ccc(N)c(N2CC(=O)NC(=O)C2C)c1. The van der Waals surface area contributed by atoms with Gasteiger partial charge in [-0.1, -0.05) is 0 Å². The fourth-order valence-electron chi connectivity index (χ4n) is 1.91. The van der Waals surface area contributed by atoms with Gasteiger partial charge < -0.3 is 15.4 Å². The number of nitrogens with two attached hydrogens (primary N) is 1. The van der Waals surface area contributed by atoms with Crippen LogP contribution < -0.4 is 20.7 Å². The lowest BCUT2D eigenvalue weighted by Gasteiger charge is -2.34. The second-order valence-electron chi connectivity index (χ2n) is 4.14. The highest BCUT2D eigenvalue weighted by Crippen LogP contribution is 2.30. The van der Waals surface area contributed by atoms with Crippen molar-refractivity contribution in [2.45, 2.75) is 13.0 Å². The van der Waals surface area contributed by atoms with Crippen LogP contribution >= 0.6 is 0 Å². The molecule has 2 rings (SSSR count). The highest BCUT2D eigenvalue weighted by Gasteiger charge is 2.31. The van der Waals surface area contributed by atoms with E-state index in [1.807, 2.05) is 0 Å². The molecule has 1 saturated heterocycles. The largest absolute Gasteiger partial charge is 0.497 e. The number of anilines is 2. The molecule has 1 aromatic carbocycles. The van der Waals surface area contributed by atoms with Crippen molar-refractivity contribution in [1.29, 1.82) is 0 Å². The van der Waals surface area contributed by atoms with Gasteiger partial charge in [0.05, 0.1) is 25.0 Å². The molecule has 1 aliphatic rings. The van der Waals surface area contributed by atoms with Crippen molar-refractivity contribution in [3.05, 3.63) is 18.2 Å². The number of nitrogens with zero attached hydrogens (tertiary/aromatic N) is 1. The molecule has 1 unspecified atom stereocenters. The summed E-state index contributed by atoms with van der Waals surface area (Å²) in [5.41, 5.74) is 7.02. The number of carbonyl (C=O) groups excluding carboxylic acids is 2. The number of nitrogen functional groups attached to an aromatic ring is 1. The standard InChI is InChI=1S/C12H15N3O3/c1-7-12(17)14-11(16)6-15(7)10-5-8(18-2)3-4-9(10)13/h3-5,7H,6,13H2,1-2H3,(H,14,16,17).